The lowest BCUT2D eigenvalue weighted by atomic mass is 10.2. The second-order valence-electron chi connectivity index (χ2n) is 5.38. The van der Waals surface area contributed by atoms with E-state index in [1.165, 1.54) is 11.4 Å². The molecule has 0 saturated carbocycles. The maximum absolute atomic E-state index is 12.0. The first-order valence-corrected chi connectivity index (χ1v) is 9.62. The minimum atomic E-state index is -3.29. The van der Waals surface area contributed by atoms with Gasteiger partial charge in [-0.25, -0.2) is 8.42 Å². The van der Waals surface area contributed by atoms with E-state index in [1.807, 2.05) is 6.92 Å². The Morgan fingerprint density at radius 3 is 2.35 bits per heavy atom. The molecule has 0 radical (unpaired) electrons. The molecule has 0 aliphatic carbocycles. The normalized spacial score (nSPS) is 12.5. The van der Waals surface area contributed by atoms with E-state index in [-0.39, 0.29) is 5.91 Å². The standard InChI is InChI=1S/C16H26N2O4S/c1-5-7-12-17-16(19)15(6-2)22-14-10-8-13(9-11-14)18(3)23(4,20)21/h8-11,15H,5-7,12H2,1-4H3,(H,17,19)/t15-/m1/s1. The van der Waals surface area contributed by atoms with Gasteiger partial charge < -0.3 is 10.1 Å². The molecule has 0 saturated heterocycles. The van der Waals surface area contributed by atoms with Gasteiger partial charge in [0.15, 0.2) is 6.10 Å². The number of rotatable bonds is 9. The molecule has 23 heavy (non-hydrogen) atoms. The molecule has 1 N–H and O–H groups in total. The Labute approximate surface area is 138 Å². The summed E-state index contributed by atoms with van der Waals surface area (Å²) in [5.74, 6) is 0.409. The number of nitrogens with zero attached hydrogens (tertiary/aromatic N) is 1. The number of unbranched alkanes of at least 4 members (excludes halogenated alkanes) is 1. The molecule has 0 aliphatic rings. The zero-order valence-corrected chi connectivity index (χ0v) is 15.0. The van der Waals surface area contributed by atoms with Crippen LogP contribution in [0.2, 0.25) is 0 Å². The minimum Gasteiger partial charge on any atom is -0.481 e. The highest BCUT2D eigenvalue weighted by Crippen LogP contribution is 2.21. The van der Waals surface area contributed by atoms with E-state index in [0.717, 1.165) is 19.1 Å². The van der Waals surface area contributed by atoms with Gasteiger partial charge in [-0.1, -0.05) is 20.3 Å². The van der Waals surface area contributed by atoms with E-state index in [0.29, 0.717) is 24.4 Å². The summed E-state index contributed by atoms with van der Waals surface area (Å²) in [4.78, 5) is 12.0. The lowest BCUT2D eigenvalue weighted by molar-refractivity contribution is -0.128. The summed E-state index contributed by atoms with van der Waals surface area (Å²) in [6.45, 7) is 4.60. The molecule has 0 spiro atoms. The van der Waals surface area contributed by atoms with E-state index in [9.17, 15) is 13.2 Å². The number of carbonyl (C=O) groups is 1. The first-order chi connectivity index (χ1) is 10.8. The van der Waals surface area contributed by atoms with Crippen LogP contribution in [0.15, 0.2) is 24.3 Å². The van der Waals surface area contributed by atoms with Crippen molar-refractivity contribution in [1.29, 1.82) is 0 Å². The SMILES string of the molecule is CCCCNC(=O)[C@@H](CC)Oc1ccc(N(C)S(C)(=O)=O)cc1. The number of anilines is 1. The Morgan fingerprint density at radius 1 is 1.26 bits per heavy atom. The number of benzene rings is 1. The van der Waals surface area contributed by atoms with Gasteiger partial charge in [-0.2, -0.15) is 0 Å². The van der Waals surface area contributed by atoms with E-state index in [4.69, 9.17) is 4.74 Å². The van der Waals surface area contributed by atoms with Gasteiger partial charge in [-0.05, 0) is 37.1 Å². The molecule has 1 rings (SSSR count). The number of sulfonamides is 1. The Morgan fingerprint density at radius 2 is 1.87 bits per heavy atom. The minimum absolute atomic E-state index is 0.127. The van der Waals surface area contributed by atoms with E-state index in [2.05, 4.69) is 12.2 Å². The summed E-state index contributed by atoms with van der Waals surface area (Å²) >= 11 is 0. The largest absolute Gasteiger partial charge is 0.481 e. The highest BCUT2D eigenvalue weighted by molar-refractivity contribution is 7.92. The van der Waals surface area contributed by atoms with Gasteiger partial charge in [-0.3, -0.25) is 9.10 Å². The summed E-state index contributed by atoms with van der Waals surface area (Å²) in [6, 6.07) is 6.63. The Bertz CT molecular complexity index is 599. The van der Waals surface area contributed by atoms with Crippen molar-refractivity contribution in [2.75, 3.05) is 24.2 Å². The Kier molecular flexibility index (Phi) is 7.35. The van der Waals surface area contributed by atoms with E-state index in [1.54, 1.807) is 24.3 Å². The molecule has 1 aromatic carbocycles. The van der Waals surface area contributed by atoms with E-state index >= 15 is 0 Å². The maximum Gasteiger partial charge on any atom is 0.261 e. The molecule has 0 bridgehead atoms. The van der Waals surface area contributed by atoms with Crippen molar-refractivity contribution in [3.63, 3.8) is 0 Å². The number of nitrogens with one attached hydrogen (secondary N) is 1. The topological polar surface area (TPSA) is 75.7 Å². The Balaban J connectivity index is 2.70. The molecule has 6 nitrogen and oxygen atoms in total. The molecular weight excluding hydrogens is 316 g/mol. The first-order valence-electron chi connectivity index (χ1n) is 7.77. The van der Waals surface area contributed by atoms with Crippen molar-refractivity contribution in [3.8, 4) is 5.75 Å². The van der Waals surface area contributed by atoms with Gasteiger partial charge in [0.05, 0.1) is 11.9 Å². The summed E-state index contributed by atoms with van der Waals surface area (Å²) in [5.41, 5.74) is 0.542. The fraction of sp³-hybridized carbons (Fsp3) is 0.562. The number of carbonyl (C=O) groups excluding carboxylic acids is 1. The molecule has 0 aromatic heterocycles. The molecule has 1 aromatic rings. The van der Waals surface area contributed by atoms with Gasteiger partial charge >= 0.3 is 0 Å². The van der Waals surface area contributed by atoms with Gasteiger partial charge in [0.25, 0.3) is 5.91 Å². The van der Waals surface area contributed by atoms with Gasteiger partial charge in [0.1, 0.15) is 5.75 Å². The highest BCUT2D eigenvalue weighted by atomic mass is 32.2. The zero-order chi connectivity index (χ0) is 17.5. The molecular formula is C16H26N2O4S. The van der Waals surface area contributed by atoms with Crippen LogP contribution < -0.4 is 14.4 Å². The average Bonchev–Trinajstić information content (AvgIpc) is 2.51. The van der Waals surface area contributed by atoms with Gasteiger partial charge in [-0.15, -0.1) is 0 Å². The summed E-state index contributed by atoms with van der Waals surface area (Å²) in [7, 11) is -1.81. The predicted octanol–water partition coefficient (Wildman–Crippen LogP) is 2.16. The van der Waals surface area contributed by atoms with Crippen LogP contribution in [0.5, 0.6) is 5.75 Å². The van der Waals surface area contributed by atoms with Crippen molar-refractivity contribution in [3.05, 3.63) is 24.3 Å². The fourth-order valence-corrected chi connectivity index (χ4v) is 2.42. The molecule has 130 valence electrons. The van der Waals surface area contributed by atoms with Crippen molar-refractivity contribution in [1.82, 2.24) is 5.32 Å². The summed E-state index contributed by atoms with van der Waals surface area (Å²) in [6.07, 6.45) is 3.11. The second kappa shape index (κ2) is 8.76. The van der Waals surface area contributed by atoms with Crippen LogP contribution >= 0.6 is 0 Å². The van der Waals surface area contributed by atoms with Crippen molar-refractivity contribution < 1.29 is 17.9 Å². The lowest BCUT2D eigenvalue weighted by Gasteiger charge is -2.19. The third-order valence-corrected chi connectivity index (χ3v) is 4.67. The molecule has 0 heterocycles. The van der Waals surface area contributed by atoms with Crippen molar-refractivity contribution in [2.24, 2.45) is 0 Å². The summed E-state index contributed by atoms with van der Waals surface area (Å²) in [5, 5.41) is 2.85. The average molecular weight is 342 g/mol. The van der Waals surface area contributed by atoms with Crippen LogP contribution in [0.4, 0.5) is 5.69 Å². The quantitative estimate of drug-likeness (QED) is 0.698. The van der Waals surface area contributed by atoms with Crippen LogP contribution in [0.25, 0.3) is 0 Å². The summed E-state index contributed by atoms with van der Waals surface area (Å²) < 4.78 is 29.9. The van der Waals surface area contributed by atoms with Crippen LogP contribution in [0.3, 0.4) is 0 Å². The van der Waals surface area contributed by atoms with Gasteiger partial charge in [0.2, 0.25) is 10.0 Å². The van der Waals surface area contributed by atoms with Crippen molar-refractivity contribution >= 4 is 21.6 Å². The first kappa shape index (κ1) is 19.3. The fourth-order valence-electron chi connectivity index (χ4n) is 1.91. The smallest absolute Gasteiger partial charge is 0.261 e. The third-order valence-electron chi connectivity index (χ3n) is 3.47. The monoisotopic (exact) mass is 342 g/mol. The highest BCUT2D eigenvalue weighted by Gasteiger charge is 2.18. The van der Waals surface area contributed by atoms with Crippen LogP contribution in [0.1, 0.15) is 33.1 Å². The number of hydrogen-bond acceptors (Lipinski definition) is 4. The molecule has 7 heteroatoms. The number of hydrogen-bond donors (Lipinski definition) is 1. The maximum atomic E-state index is 12.0. The molecule has 1 atom stereocenters. The van der Waals surface area contributed by atoms with E-state index < -0.39 is 16.1 Å². The Hall–Kier alpha value is -1.76. The third kappa shape index (κ3) is 6.09. The number of amides is 1. The number of ether oxygens (including phenoxy) is 1. The molecule has 0 fully saturated rings. The lowest BCUT2D eigenvalue weighted by Crippen LogP contribution is -2.38. The predicted molar refractivity (Wildman–Crippen MR) is 92.3 cm³/mol. The van der Waals surface area contributed by atoms with Crippen LogP contribution in [0, 0.1) is 0 Å². The van der Waals surface area contributed by atoms with Crippen LogP contribution in [-0.4, -0.2) is 40.3 Å². The van der Waals surface area contributed by atoms with Gasteiger partial charge in [0, 0.05) is 13.6 Å². The molecule has 0 aliphatic heterocycles. The molecule has 0 unspecified atom stereocenters. The zero-order valence-electron chi connectivity index (χ0n) is 14.2. The molecule has 1 amide bonds. The van der Waals surface area contributed by atoms with Crippen LogP contribution in [-0.2, 0) is 14.8 Å². The van der Waals surface area contributed by atoms with Crippen molar-refractivity contribution in [2.45, 2.75) is 39.2 Å². The second-order valence-corrected chi connectivity index (χ2v) is 7.40.